The summed E-state index contributed by atoms with van der Waals surface area (Å²) in [6, 6.07) is 0. The van der Waals surface area contributed by atoms with E-state index in [2.05, 4.69) is 5.10 Å². The Kier molecular flexibility index (Phi) is 2.76. The fraction of sp³-hybridized carbons (Fsp3) is 0.667. The summed E-state index contributed by atoms with van der Waals surface area (Å²) in [5.41, 5.74) is -0.567. The number of rotatable bonds is 3. The van der Waals surface area contributed by atoms with E-state index in [1.807, 2.05) is 18.9 Å². The molecule has 1 aromatic rings. The number of nitrogens with two attached hydrogens (primary N) is 1. The fourth-order valence-electron chi connectivity index (χ4n) is 1.05. The lowest BCUT2D eigenvalue weighted by atomic mass is 10.2. The first-order chi connectivity index (χ1) is 6.32. The van der Waals surface area contributed by atoms with Gasteiger partial charge >= 0.3 is 5.69 Å². The van der Waals surface area contributed by atoms with Crippen molar-refractivity contribution in [1.82, 2.24) is 14.8 Å². The van der Waals surface area contributed by atoms with Gasteiger partial charge in [-0.05, 0) is 5.92 Å². The van der Waals surface area contributed by atoms with Gasteiger partial charge in [-0.3, -0.25) is 4.57 Å². The normalized spacial score (nSPS) is 12.3. The van der Waals surface area contributed by atoms with E-state index in [9.17, 15) is 13.2 Å². The smallest absolute Gasteiger partial charge is 0.265 e. The van der Waals surface area contributed by atoms with E-state index in [1.165, 1.54) is 0 Å². The number of primary sulfonamides is 1. The Balaban J connectivity index is 3.27. The van der Waals surface area contributed by atoms with Crippen molar-refractivity contribution in [2.24, 2.45) is 11.1 Å². The summed E-state index contributed by atoms with van der Waals surface area (Å²) in [5.74, 6) is 0.130. The zero-order chi connectivity index (χ0) is 10.9. The Hall–Kier alpha value is -1.15. The van der Waals surface area contributed by atoms with Crippen molar-refractivity contribution in [2.45, 2.75) is 25.5 Å². The summed E-state index contributed by atoms with van der Waals surface area (Å²) in [6.07, 6.45) is 0. The molecule has 1 heterocycles. The molecule has 1 aromatic heterocycles. The molecule has 8 heteroatoms. The molecule has 80 valence electrons. The number of sulfonamides is 1. The van der Waals surface area contributed by atoms with Gasteiger partial charge < -0.3 is 0 Å². The van der Waals surface area contributed by atoms with Crippen LogP contribution in [0.3, 0.4) is 0 Å². The average Bonchev–Trinajstić information content (AvgIpc) is 2.30. The number of nitrogens with one attached hydrogen (secondary N) is 1. The summed E-state index contributed by atoms with van der Waals surface area (Å²) in [6.45, 7) is 3.97. The highest BCUT2D eigenvalue weighted by Gasteiger charge is 2.19. The molecule has 0 saturated carbocycles. The van der Waals surface area contributed by atoms with E-state index in [1.54, 1.807) is 0 Å². The van der Waals surface area contributed by atoms with Crippen LogP contribution < -0.4 is 10.8 Å². The van der Waals surface area contributed by atoms with E-state index in [4.69, 9.17) is 5.14 Å². The molecule has 0 atom stereocenters. The first-order valence-corrected chi connectivity index (χ1v) is 5.55. The second-order valence-electron chi connectivity index (χ2n) is 3.36. The fourth-order valence-corrected chi connectivity index (χ4v) is 1.68. The van der Waals surface area contributed by atoms with E-state index in [-0.39, 0.29) is 12.5 Å². The van der Waals surface area contributed by atoms with Gasteiger partial charge in [0.2, 0.25) is 0 Å². The minimum atomic E-state index is -3.94. The highest BCUT2D eigenvalue weighted by molar-refractivity contribution is 7.89. The molecule has 0 aliphatic rings. The highest BCUT2D eigenvalue weighted by atomic mass is 32.2. The zero-order valence-electron chi connectivity index (χ0n) is 7.89. The van der Waals surface area contributed by atoms with Crippen molar-refractivity contribution in [3.63, 3.8) is 0 Å². The van der Waals surface area contributed by atoms with E-state index >= 15 is 0 Å². The summed E-state index contributed by atoms with van der Waals surface area (Å²) in [7, 11) is -3.94. The number of hydrogen-bond donors (Lipinski definition) is 2. The van der Waals surface area contributed by atoms with Crippen LogP contribution in [0.25, 0.3) is 0 Å². The molecular weight excluding hydrogens is 208 g/mol. The SMILES string of the molecule is CC(C)Cn1c(S(N)(=O)=O)n[nH]c1=O. The molecule has 0 saturated heterocycles. The van der Waals surface area contributed by atoms with Gasteiger partial charge in [0.1, 0.15) is 0 Å². The second-order valence-corrected chi connectivity index (χ2v) is 4.82. The number of hydrogen-bond acceptors (Lipinski definition) is 4. The number of H-pyrrole nitrogens is 1. The third-order valence-electron chi connectivity index (χ3n) is 1.53. The largest absolute Gasteiger partial charge is 0.344 e. The Bertz CT molecular complexity index is 470. The van der Waals surface area contributed by atoms with Crippen LogP contribution in [0.5, 0.6) is 0 Å². The molecule has 0 fully saturated rings. The Morgan fingerprint density at radius 1 is 1.57 bits per heavy atom. The molecule has 1 rings (SSSR count). The second kappa shape index (κ2) is 3.54. The average molecular weight is 220 g/mol. The number of aromatic nitrogens is 3. The van der Waals surface area contributed by atoms with Crippen LogP contribution in [0, 0.1) is 5.92 Å². The van der Waals surface area contributed by atoms with Crippen molar-refractivity contribution in [1.29, 1.82) is 0 Å². The molecule has 14 heavy (non-hydrogen) atoms. The first kappa shape index (κ1) is 10.9. The monoisotopic (exact) mass is 220 g/mol. The van der Waals surface area contributed by atoms with Crippen LogP contribution in [0.15, 0.2) is 9.95 Å². The van der Waals surface area contributed by atoms with Gasteiger partial charge in [-0.15, -0.1) is 5.10 Å². The maximum absolute atomic E-state index is 11.1. The van der Waals surface area contributed by atoms with Gasteiger partial charge in [0.25, 0.3) is 15.2 Å². The highest BCUT2D eigenvalue weighted by Crippen LogP contribution is 2.02. The van der Waals surface area contributed by atoms with E-state index in [0.29, 0.717) is 0 Å². The Labute approximate surface area is 81.0 Å². The molecule has 0 spiro atoms. The molecule has 0 bridgehead atoms. The molecule has 0 aliphatic carbocycles. The number of aromatic amines is 1. The lowest BCUT2D eigenvalue weighted by Gasteiger charge is -2.05. The van der Waals surface area contributed by atoms with Gasteiger partial charge in [-0.25, -0.2) is 23.4 Å². The van der Waals surface area contributed by atoms with E-state index in [0.717, 1.165) is 4.57 Å². The number of nitrogens with zero attached hydrogens (tertiary/aromatic N) is 2. The van der Waals surface area contributed by atoms with Crippen molar-refractivity contribution < 1.29 is 8.42 Å². The molecule has 0 aliphatic heterocycles. The van der Waals surface area contributed by atoms with Crippen molar-refractivity contribution in [3.8, 4) is 0 Å². The molecule has 0 unspecified atom stereocenters. The van der Waals surface area contributed by atoms with Gasteiger partial charge in [-0.2, -0.15) is 0 Å². The van der Waals surface area contributed by atoms with Gasteiger partial charge in [0, 0.05) is 6.54 Å². The van der Waals surface area contributed by atoms with Crippen LogP contribution in [0.1, 0.15) is 13.8 Å². The summed E-state index contributed by atoms with van der Waals surface area (Å²) >= 11 is 0. The van der Waals surface area contributed by atoms with Crippen LogP contribution >= 0.6 is 0 Å². The molecular formula is C6H12N4O3S. The minimum Gasteiger partial charge on any atom is -0.265 e. The molecule has 3 N–H and O–H groups in total. The van der Waals surface area contributed by atoms with Gasteiger partial charge in [0.15, 0.2) is 0 Å². The van der Waals surface area contributed by atoms with Crippen LogP contribution in [0.2, 0.25) is 0 Å². The first-order valence-electron chi connectivity index (χ1n) is 4.00. The zero-order valence-corrected chi connectivity index (χ0v) is 8.71. The lowest BCUT2D eigenvalue weighted by Crippen LogP contribution is -2.26. The van der Waals surface area contributed by atoms with Crippen LogP contribution in [-0.2, 0) is 16.6 Å². The van der Waals surface area contributed by atoms with Crippen molar-refractivity contribution in [3.05, 3.63) is 10.5 Å². The predicted octanol–water partition coefficient (Wildman–Crippen LogP) is -1.13. The van der Waals surface area contributed by atoms with Gasteiger partial charge in [-0.1, -0.05) is 13.8 Å². The Morgan fingerprint density at radius 2 is 2.14 bits per heavy atom. The van der Waals surface area contributed by atoms with Crippen molar-refractivity contribution >= 4 is 10.0 Å². The van der Waals surface area contributed by atoms with Crippen LogP contribution in [0.4, 0.5) is 0 Å². The van der Waals surface area contributed by atoms with E-state index < -0.39 is 20.9 Å². The maximum Gasteiger partial charge on any atom is 0.344 e. The predicted molar refractivity (Wildman–Crippen MR) is 49.1 cm³/mol. The van der Waals surface area contributed by atoms with Crippen molar-refractivity contribution in [2.75, 3.05) is 0 Å². The molecule has 0 aromatic carbocycles. The lowest BCUT2D eigenvalue weighted by molar-refractivity contribution is 0.474. The summed E-state index contributed by atoms with van der Waals surface area (Å²) < 4.78 is 23.0. The third kappa shape index (κ3) is 2.20. The molecule has 0 radical (unpaired) electrons. The third-order valence-corrected chi connectivity index (χ3v) is 2.35. The topological polar surface area (TPSA) is 111 Å². The summed E-state index contributed by atoms with van der Waals surface area (Å²) in [5, 5.41) is 9.86. The molecule has 0 amide bonds. The Morgan fingerprint density at radius 3 is 2.57 bits per heavy atom. The quantitative estimate of drug-likeness (QED) is 0.671. The maximum atomic E-state index is 11.1. The van der Waals surface area contributed by atoms with Crippen LogP contribution in [-0.4, -0.2) is 23.2 Å². The minimum absolute atomic E-state index is 0.130. The standard InChI is InChI=1S/C6H12N4O3S/c1-4(2)3-10-5(11)8-9-6(10)14(7,12)13/h4H,3H2,1-2H3,(H,8,11)(H2,7,12,13). The van der Waals surface area contributed by atoms with Gasteiger partial charge in [0.05, 0.1) is 0 Å². The summed E-state index contributed by atoms with van der Waals surface area (Å²) in [4.78, 5) is 11.1. The molecule has 7 nitrogen and oxygen atoms in total.